The quantitative estimate of drug-likeness (QED) is 0.142. The summed E-state index contributed by atoms with van der Waals surface area (Å²) < 4.78 is 61.2. The number of ether oxygens (including phenoxy) is 1. The minimum atomic E-state index is -5.08. The number of hydrogen-bond donors (Lipinski definition) is 3. The number of sulfone groups is 1. The summed E-state index contributed by atoms with van der Waals surface area (Å²) in [6.45, 7) is 1.50. The summed E-state index contributed by atoms with van der Waals surface area (Å²) in [6, 6.07) is 17.6. The summed E-state index contributed by atoms with van der Waals surface area (Å²) in [4.78, 5) is 23.0. The van der Waals surface area contributed by atoms with Crippen molar-refractivity contribution >= 4 is 70.6 Å². The molecule has 5 rings (SSSR count). The molecule has 5 aromatic rings. The van der Waals surface area contributed by atoms with Crippen LogP contribution in [0.25, 0.3) is 20.3 Å². The van der Waals surface area contributed by atoms with Gasteiger partial charge in [-0.2, -0.15) is 13.2 Å². The molecule has 3 aromatic heterocycles. The lowest BCUT2D eigenvalue weighted by atomic mass is 10.1. The van der Waals surface area contributed by atoms with Gasteiger partial charge in [-0.15, -0.1) is 11.3 Å². The van der Waals surface area contributed by atoms with Gasteiger partial charge in [-0.25, -0.2) is 23.2 Å². The monoisotopic (exact) mass is 681 g/mol. The minimum absolute atomic E-state index is 0.142. The van der Waals surface area contributed by atoms with Gasteiger partial charge in [0, 0.05) is 34.8 Å². The summed E-state index contributed by atoms with van der Waals surface area (Å²) in [5.74, 6) is -1.33. The molecule has 0 radical (unpaired) electrons. The van der Waals surface area contributed by atoms with Gasteiger partial charge >= 0.3 is 12.1 Å². The fourth-order valence-corrected chi connectivity index (χ4v) is 5.84. The molecule has 0 unspecified atom stereocenters. The van der Waals surface area contributed by atoms with Gasteiger partial charge in [0.15, 0.2) is 0 Å². The van der Waals surface area contributed by atoms with Gasteiger partial charge in [-0.1, -0.05) is 29.8 Å². The summed E-state index contributed by atoms with van der Waals surface area (Å²) >= 11 is 8.12. The van der Waals surface area contributed by atoms with Gasteiger partial charge in [0.2, 0.25) is 0 Å². The Balaban J connectivity index is 0.000000591. The molecule has 0 amide bonds. The van der Waals surface area contributed by atoms with E-state index in [1.807, 2.05) is 36.4 Å². The number of aromatic nitrogens is 3. The Morgan fingerprint density at radius 1 is 1.07 bits per heavy atom. The molecule has 0 spiro atoms. The van der Waals surface area contributed by atoms with Crippen molar-refractivity contribution in [3.8, 4) is 5.75 Å². The van der Waals surface area contributed by atoms with Crippen LogP contribution in [-0.4, -0.2) is 65.7 Å². The first-order valence-corrected chi connectivity index (χ1v) is 16.5. The number of nitrogens with zero attached hydrogens (tertiary/aromatic N) is 3. The summed E-state index contributed by atoms with van der Waals surface area (Å²) in [5.41, 5.74) is 2.78. The zero-order chi connectivity index (χ0) is 32.6. The Kier molecular flexibility index (Phi) is 11.1. The second-order valence-electron chi connectivity index (χ2n) is 9.65. The Labute approximate surface area is 265 Å². The second kappa shape index (κ2) is 14.8. The number of rotatable bonds is 11. The number of halogens is 4. The Morgan fingerprint density at radius 2 is 1.84 bits per heavy atom. The van der Waals surface area contributed by atoms with Crippen LogP contribution in [0, 0.1) is 0 Å². The number of alkyl halides is 3. The van der Waals surface area contributed by atoms with Crippen LogP contribution in [0.5, 0.6) is 5.75 Å². The van der Waals surface area contributed by atoms with E-state index in [2.05, 4.69) is 43.8 Å². The first-order chi connectivity index (χ1) is 21.3. The fraction of sp³-hybridized carbons (Fsp3) is 0.241. The van der Waals surface area contributed by atoms with E-state index in [1.165, 1.54) is 11.8 Å². The van der Waals surface area contributed by atoms with Gasteiger partial charge in [-0.05, 0) is 54.9 Å². The molecular weight excluding hydrogens is 655 g/mol. The standard InChI is InChI=1S/C27H26ClN5O3S2.C2HF3O2/c1-38(34,35)13-12-29-11-9-18-5-7-21-24(14-18)37-27-25(21)26(31-17-32-27)33-19-6-8-23(22(28)15-19)36-16-20-4-2-3-10-30-20;3-2(4,5)1(6)7/h2-8,10,14-15,17,29H,9,11-13,16H2,1H3,(H,31,32,33);(H,6,7). The number of aliphatic carboxylic acids is 1. The lowest BCUT2D eigenvalue weighted by Gasteiger charge is -2.11. The molecule has 0 aliphatic heterocycles. The average Bonchev–Trinajstić information content (AvgIpc) is 3.35. The molecule has 0 aliphatic rings. The molecule has 10 nitrogen and oxygen atoms in total. The molecular formula is C29H27ClF3N5O5S2. The van der Waals surface area contributed by atoms with E-state index in [0.717, 1.165) is 38.1 Å². The highest BCUT2D eigenvalue weighted by Crippen LogP contribution is 2.38. The van der Waals surface area contributed by atoms with Crippen LogP contribution in [-0.2, 0) is 27.7 Å². The van der Waals surface area contributed by atoms with Gasteiger partial charge in [-0.3, -0.25) is 4.98 Å². The molecule has 45 heavy (non-hydrogen) atoms. The van der Waals surface area contributed by atoms with E-state index in [1.54, 1.807) is 23.9 Å². The number of anilines is 2. The topological polar surface area (TPSA) is 143 Å². The third-order valence-corrected chi connectivity index (χ3v) is 8.42. The number of nitrogens with one attached hydrogen (secondary N) is 2. The highest BCUT2D eigenvalue weighted by molar-refractivity contribution is 7.90. The predicted molar refractivity (Wildman–Crippen MR) is 168 cm³/mol. The first-order valence-electron chi connectivity index (χ1n) is 13.2. The number of benzene rings is 2. The molecule has 3 N–H and O–H groups in total. The number of pyridine rings is 1. The third-order valence-electron chi connectivity index (χ3n) is 6.11. The SMILES string of the molecule is CS(=O)(=O)CCNCCc1ccc2c(c1)sc1ncnc(Nc3ccc(OCc4ccccn4)c(Cl)c3)c12.O=C(O)C(F)(F)F. The van der Waals surface area contributed by atoms with E-state index >= 15 is 0 Å². The van der Waals surface area contributed by atoms with Crippen molar-refractivity contribution in [2.45, 2.75) is 19.2 Å². The van der Waals surface area contributed by atoms with Crippen molar-refractivity contribution in [2.75, 3.05) is 30.4 Å². The molecule has 238 valence electrons. The van der Waals surface area contributed by atoms with Crippen molar-refractivity contribution in [3.05, 3.63) is 83.4 Å². The molecule has 0 atom stereocenters. The van der Waals surface area contributed by atoms with E-state index in [-0.39, 0.29) is 5.75 Å². The number of carboxylic acids is 1. The van der Waals surface area contributed by atoms with Crippen molar-refractivity contribution in [1.29, 1.82) is 0 Å². The van der Waals surface area contributed by atoms with Crippen LogP contribution in [0.15, 0.2) is 67.1 Å². The van der Waals surface area contributed by atoms with Crippen molar-refractivity contribution in [1.82, 2.24) is 20.3 Å². The molecule has 0 aliphatic carbocycles. The second-order valence-corrected chi connectivity index (χ2v) is 13.3. The molecule has 0 saturated heterocycles. The molecule has 16 heteroatoms. The maximum absolute atomic E-state index is 11.3. The van der Waals surface area contributed by atoms with Crippen LogP contribution in [0.3, 0.4) is 0 Å². The van der Waals surface area contributed by atoms with Crippen molar-refractivity contribution in [2.24, 2.45) is 0 Å². The Morgan fingerprint density at radius 3 is 2.51 bits per heavy atom. The van der Waals surface area contributed by atoms with Crippen LogP contribution < -0.4 is 15.4 Å². The maximum Gasteiger partial charge on any atom is 0.490 e. The lowest BCUT2D eigenvalue weighted by molar-refractivity contribution is -0.192. The molecule has 0 saturated carbocycles. The zero-order valence-electron chi connectivity index (χ0n) is 23.6. The summed E-state index contributed by atoms with van der Waals surface area (Å²) in [6.07, 6.45) is 0.253. The van der Waals surface area contributed by atoms with Gasteiger partial charge in [0.25, 0.3) is 0 Å². The highest BCUT2D eigenvalue weighted by atomic mass is 35.5. The van der Waals surface area contributed by atoms with E-state index in [9.17, 15) is 21.6 Å². The van der Waals surface area contributed by atoms with Crippen molar-refractivity contribution < 1.29 is 36.2 Å². The maximum atomic E-state index is 11.3. The number of carbonyl (C=O) groups is 1. The fourth-order valence-electron chi connectivity index (χ4n) is 3.98. The van der Waals surface area contributed by atoms with Crippen LogP contribution in [0.2, 0.25) is 5.02 Å². The van der Waals surface area contributed by atoms with E-state index in [4.69, 9.17) is 26.2 Å². The minimum Gasteiger partial charge on any atom is -0.486 e. The van der Waals surface area contributed by atoms with Crippen LogP contribution >= 0.6 is 22.9 Å². The van der Waals surface area contributed by atoms with Gasteiger partial charge in [0.05, 0.1) is 21.9 Å². The van der Waals surface area contributed by atoms with Gasteiger partial charge in [0.1, 0.15) is 39.2 Å². The largest absolute Gasteiger partial charge is 0.490 e. The average molecular weight is 682 g/mol. The lowest BCUT2D eigenvalue weighted by Crippen LogP contribution is -2.24. The number of thiophene rings is 1. The number of fused-ring (bicyclic) bond motifs is 3. The molecule has 2 aromatic carbocycles. The molecule has 3 heterocycles. The van der Waals surface area contributed by atoms with Crippen LogP contribution in [0.4, 0.5) is 24.7 Å². The number of hydrogen-bond acceptors (Lipinski definition) is 10. The Hall–Kier alpha value is -4.05. The highest BCUT2D eigenvalue weighted by Gasteiger charge is 2.38. The van der Waals surface area contributed by atoms with Crippen molar-refractivity contribution in [3.63, 3.8) is 0 Å². The van der Waals surface area contributed by atoms with E-state index < -0.39 is 22.0 Å². The summed E-state index contributed by atoms with van der Waals surface area (Å²) in [7, 11) is -2.95. The number of carboxylic acid groups (broad SMARTS) is 1. The third kappa shape index (κ3) is 9.97. The molecule has 0 bridgehead atoms. The predicted octanol–water partition coefficient (Wildman–Crippen LogP) is 6.03. The van der Waals surface area contributed by atoms with Crippen LogP contribution in [0.1, 0.15) is 11.3 Å². The zero-order valence-corrected chi connectivity index (χ0v) is 26.0. The molecule has 0 fully saturated rings. The van der Waals surface area contributed by atoms with E-state index in [0.29, 0.717) is 36.3 Å². The van der Waals surface area contributed by atoms with Gasteiger partial charge < -0.3 is 20.5 Å². The summed E-state index contributed by atoms with van der Waals surface area (Å²) in [5, 5.41) is 16.2. The normalized spacial score (nSPS) is 11.7. The Bertz CT molecular complexity index is 1890. The smallest absolute Gasteiger partial charge is 0.486 e. The first kappa shape index (κ1) is 33.8.